The summed E-state index contributed by atoms with van der Waals surface area (Å²) in [5, 5.41) is 3.41. The number of benzene rings is 1. The summed E-state index contributed by atoms with van der Waals surface area (Å²) in [5.74, 6) is -0.802. The summed E-state index contributed by atoms with van der Waals surface area (Å²) in [6.07, 6.45) is 1.41. The van der Waals surface area contributed by atoms with Crippen LogP contribution in [0.5, 0.6) is 0 Å². The molecule has 0 amide bonds. The highest BCUT2D eigenvalue weighted by molar-refractivity contribution is 9.10. The first kappa shape index (κ1) is 13.0. The van der Waals surface area contributed by atoms with Crippen molar-refractivity contribution in [3.63, 3.8) is 0 Å². The largest absolute Gasteiger partial charge is 0.465 e. The lowest BCUT2D eigenvalue weighted by atomic mass is 10.3. The van der Waals surface area contributed by atoms with Crippen molar-refractivity contribution in [2.45, 2.75) is 0 Å². The van der Waals surface area contributed by atoms with Gasteiger partial charge in [0.25, 0.3) is 0 Å². The molecule has 1 aromatic heterocycles. The quantitative estimate of drug-likeness (QED) is 0.874. The summed E-state index contributed by atoms with van der Waals surface area (Å²) in [6.45, 7) is 0. The molecule has 0 aliphatic rings. The first-order valence-electron chi connectivity index (χ1n) is 4.86. The summed E-state index contributed by atoms with van der Waals surface area (Å²) < 4.78 is 18.4. The SMILES string of the molecule is COC(=O)c1cnc(Nc2cc(F)ccc2Br)s1. The summed E-state index contributed by atoms with van der Waals surface area (Å²) in [4.78, 5) is 15.6. The fourth-order valence-corrected chi connectivity index (χ4v) is 2.33. The molecule has 0 atom stereocenters. The van der Waals surface area contributed by atoms with Crippen LogP contribution in [0.4, 0.5) is 15.2 Å². The van der Waals surface area contributed by atoms with Gasteiger partial charge < -0.3 is 10.1 Å². The lowest BCUT2D eigenvalue weighted by Gasteiger charge is -2.04. The third kappa shape index (κ3) is 2.85. The van der Waals surface area contributed by atoms with Crippen LogP contribution in [0.25, 0.3) is 0 Å². The standard InChI is InChI=1S/C11H8BrFN2O2S/c1-17-10(16)9-5-14-11(18-9)15-8-4-6(13)2-3-7(8)12/h2-5H,1H3,(H,14,15). The number of carbonyl (C=O) groups is 1. The van der Waals surface area contributed by atoms with Crippen molar-refractivity contribution < 1.29 is 13.9 Å². The number of carbonyl (C=O) groups excluding carboxylic acids is 1. The van der Waals surface area contributed by atoms with Crippen LogP contribution < -0.4 is 5.32 Å². The molecule has 0 aliphatic carbocycles. The van der Waals surface area contributed by atoms with E-state index in [0.717, 1.165) is 11.3 Å². The van der Waals surface area contributed by atoms with Crippen molar-refractivity contribution in [3.8, 4) is 0 Å². The van der Waals surface area contributed by atoms with E-state index in [-0.39, 0.29) is 5.82 Å². The molecule has 0 fully saturated rings. The number of thiazole rings is 1. The normalized spacial score (nSPS) is 10.2. The van der Waals surface area contributed by atoms with Gasteiger partial charge in [0, 0.05) is 4.47 Å². The number of methoxy groups -OCH3 is 1. The zero-order valence-corrected chi connectivity index (χ0v) is 11.6. The average Bonchev–Trinajstić information content (AvgIpc) is 2.81. The number of ether oxygens (including phenoxy) is 1. The van der Waals surface area contributed by atoms with E-state index < -0.39 is 5.97 Å². The molecule has 0 unspecified atom stereocenters. The van der Waals surface area contributed by atoms with Gasteiger partial charge in [-0.05, 0) is 34.1 Å². The van der Waals surface area contributed by atoms with Crippen LogP contribution in [0.1, 0.15) is 9.67 Å². The van der Waals surface area contributed by atoms with Crippen LogP contribution in [0.2, 0.25) is 0 Å². The van der Waals surface area contributed by atoms with E-state index in [9.17, 15) is 9.18 Å². The zero-order chi connectivity index (χ0) is 13.1. The number of halogens is 2. The highest BCUT2D eigenvalue weighted by Gasteiger charge is 2.11. The van der Waals surface area contributed by atoms with E-state index in [1.807, 2.05) is 0 Å². The molecule has 1 aromatic carbocycles. The van der Waals surface area contributed by atoms with Gasteiger partial charge in [-0.2, -0.15) is 0 Å². The lowest BCUT2D eigenvalue weighted by molar-refractivity contribution is 0.0606. The van der Waals surface area contributed by atoms with Crippen molar-refractivity contribution in [1.29, 1.82) is 0 Å². The van der Waals surface area contributed by atoms with Gasteiger partial charge in [-0.1, -0.05) is 11.3 Å². The van der Waals surface area contributed by atoms with Crippen molar-refractivity contribution >= 4 is 44.1 Å². The van der Waals surface area contributed by atoms with Gasteiger partial charge >= 0.3 is 5.97 Å². The zero-order valence-electron chi connectivity index (χ0n) is 9.24. The summed E-state index contributed by atoms with van der Waals surface area (Å²) in [5.41, 5.74) is 0.542. The Kier molecular flexibility index (Phi) is 3.93. The molecule has 0 aliphatic heterocycles. The van der Waals surface area contributed by atoms with E-state index in [1.54, 1.807) is 6.07 Å². The van der Waals surface area contributed by atoms with E-state index >= 15 is 0 Å². The monoisotopic (exact) mass is 330 g/mol. The second-order valence-corrected chi connectivity index (χ2v) is 5.16. The first-order valence-corrected chi connectivity index (χ1v) is 6.47. The second kappa shape index (κ2) is 5.45. The molecule has 1 N–H and O–H groups in total. The van der Waals surface area contributed by atoms with Gasteiger partial charge in [0.15, 0.2) is 5.13 Å². The molecule has 1 heterocycles. The van der Waals surface area contributed by atoms with Crippen molar-refractivity contribution in [2.75, 3.05) is 12.4 Å². The average molecular weight is 331 g/mol. The summed E-state index contributed by atoms with van der Waals surface area (Å²) in [7, 11) is 1.30. The number of hydrogen-bond donors (Lipinski definition) is 1. The summed E-state index contributed by atoms with van der Waals surface area (Å²) in [6, 6.07) is 4.27. The van der Waals surface area contributed by atoms with Crippen molar-refractivity contribution in [1.82, 2.24) is 4.98 Å². The fraction of sp³-hybridized carbons (Fsp3) is 0.0909. The van der Waals surface area contributed by atoms with Gasteiger partial charge in [-0.15, -0.1) is 0 Å². The highest BCUT2D eigenvalue weighted by Crippen LogP contribution is 2.28. The maximum atomic E-state index is 13.1. The van der Waals surface area contributed by atoms with Crippen LogP contribution in [0, 0.1) is 5.82 Å². The third-order valence-electron chi connectivity index (χ3n) is 2.06. The summed E-state index contributed by atoms with van der Waals surface area (Å²) >= 11 is 4.43. The Balaban J connectivity index is 2.21. The molecule has 0 bridgehead atoms. The van der Waals surface area contributed by atoms with E-state index in [1.165, 1.54) is 25.4 Å². The molecule has 4 nitrogen and oxygen atoms in total. The third-order valence-corrected chi connectivity index (χ3v) is 3.65. The smallest absolute Gasteiger partial charge is 0.349 e. The van der Waals surface area contributed by atoms with Crippen LogP contribution >= 0.6 is 27.3 Å². The van der Waals surface area contributed by atoms with Crippen LogP contribution in [-0.4, -0.2) is 18.1 Å². The Labute approximate surface area is 115 Å². The van der Waals surface area contributed by atoms with Gasteiger partial charge in [-0.3, -0.25) is 0 Å². The van der Waals surface area contributed by atoms with E-state index in [2.05, 4.69) is 31.0 Å². The number of aromatic nitrogens is 1. The molecule has 18 heavy (non-hydrogen) atoms. The first-order chi connectivity index (χ1) is 8.60. The molecule has 0 saturated heterocycles. The maximum Gasteiger partial charge on any atom is 0.349 e. The Morgan fingerprint density at radius 3 is 3.06 bits per heavy atom. The van der Waals surface area contributed by atoms with Gasteiger partial charge in [-0.25, -0.2) is 14.2 Å². The van der Waals surface area contributed by atoms with Gasteiger partial charge in [0.2, 0.25) is 0 Å². The molecule has 94 valence electrons. The molecule has 0 radical (unpaired) electrons. The molecule has 0 spiro atoms. The molecule has 2 aromatic rings. The second-order valence-electron chi connectivity index (χ2n) is 3.27. The number of esters is 1. The Bertz CT molecular complexity index is 588. The van der Waals surface area contributed by atoms with Gasteiger partial charge in [0.05, 0.1) is 19.0 Å². The molecule has 0 saturated carbocycles. The van der Waals surface area contributed by atoms with E-state index in [4.69, 9.17) is 0 Å². The fourth-order valence-electron chi connectivity index (χ4n) is 1.24. The lowest BCUT2D eigenvalue weighted by Crippen LogP contribution is -1.96. The molecule has 7 heteroatoms. The number of hydrogen-bond acceptors (Lipinski definition) is 5. The van der Waals surface area contributed by atoms with Crippen molar-refractivity contribution in [2.24, 2.45) is 0 Å². The van der Waals surface area contributed by atoms with Crippen molar-refractivity contribution in [3.05, 3.63) is 39.6 Å². The Morgan fingerprint density at radius 2 is 2.33 bits per heavy atom. The van der Waals surface area contributed by atoms with Crippen LogP contribution in [-0.2, 0) is 4.74 Å². The molecular formula is C11H8BrFN2O2S. The highest BCUT2D eigenvalue weighted by atomic mass is 79.9. The number of anilines is 2. The number of nitrogens with zero attached hydrogens (tertiary/aromatic N) is 1. The maximum absolute atomic E-state index is 13.1. The van der Waals surface area contributed by atoms with Gasteiger partial charge in [0.1, 0.15) is 10.7 Å². The molecule has 2 rings (SSSR count). The Hall–Kier alpha value is -1.47. The van der Waals surface area contributed by atoms with Crippen LogP contribution in [0.3, 0.4) is 0 Å². The minimum atomic E-state index is -0.446. The molecular weight excluding hydrogens is 323 g/mol. The van der Waals surface area contributed by atoms with Crippen LogP contribution in [0.15, 0.2) is 28.9 Å². The number of rotatable bonds is 3. The number of nitrogens with one attached hydrogen (secondary N) is 1. The predicted molar refractivity (Wildman–Crippen MR) is 70.8 cm³/mol. The minimum Gasteiger partial charge on any atom is -0.465 e. The Morgan fingerprint density at radius 1 is 1.56 bits per heavy atom. The van der Waals surface area contributed by atoms with E-state index in [0.29, 0.717) is 20.2 Å². The topological polar surface area (TPSA) is 51.2 Å². The predicted octanol–water partition coefficient (Wildman–Crippen LogP) is 3.57. The minimum absolute atomic E-state index is 0.356.